The zero-order valence-corrected chi connectivity index (χ0v) is 11.8. The molecule has 4 rings (SSSR count). The minimum Gasteiger partial charge on any atom is -0.312 e. The second-order valence-electron chi connectivity index (χ2n) is 5.19. The van der Waals surface area contributed by atoms with Crippen LogP contribution in [0.2, 0.25) is 0 Å². The van der Waals surface area contributed by atoms with E-state index in [1.54, 1.807) is 17.9 Å². The summed E-state index contributed by atoms with van der Waals surface area (Å²) in [6.45, 7) is 1.78. The topological polar surface area (TPSA) is 47.4 Å². The van der Waals surface area contributed by atoms with Gasteiger partial charge in [0.05, 0.1) is 5.56 Å². The number of amides is 1. The van der Waals surface area contributed by atoms with Gasteiger partial charge in [0.1, 0.15) is 17.2 Å². The van der Waals surface area contributed by atoms with Crippen molar-refractivity contribution >= 4 is 23.1 Å². The highest BCUT2D eigenvalue weighted by atomic mass is 19.1. The van der Waals surface area contributed by atoms with E-state index in [0.717, 1.165) is 5.56 Å². The van der Waals surface area contributed by atoms with Crippen molar-refractivity contribution in [3.05, 3.63) is 71.3 Å². The molecule has 2 aromatic rings. The third kappa shape index (κ3) is 1.79. The first kappa shape index (κ1) is 12.9. The number of hydrogen-bond donors (Lipinski definition) is 1. The van der Waals surface area contributed by atoms with Gasteiger partial charge in [-0.2, -0.15) is 4.99 Å². The molecule has 0 aliphatic carbocycles. The fraction of sp³-hybridized carbons (Fsp3) is 0.0588. The molecular weight excluding hydrogens is 281 g/mol. The molecule has 0 unspecified atom stereocenters. The van der Waals surface area contributed by atoms with Crippen LogP contribution in [0.3, 0.4) is 0 Å². The van der Waals surface area contributed by atoms with Gasteiger partial charge in [-0.3, -0.25) is 4.79 Å². The molecule has 2 aromatic carbocycles. The molecule has 22 heavy (non-hydrogen) atoms. The maximum atomic E-state index is 13.7. The zero-order chi connectivity index (χ0) is 15.3. The van der Waals surface area contributed by atoms with Crippen LogP contribution in [-0.2, 0) is 4.79 Å². The number of amidine groups is 1. The second-order valence-corrected chi connectivity index (χ2v) is 5.19. The third-order valence-electron chi connectivity index (χ3n) is 3.75. The van der Waals surface area contributed by atoms with Gasteiger partial charge in [-0.25, -0.2) is 4.39 Å². The van der Waals surface area contributed by atoms with Crippen LogP contribution in [0.1, 0.15) is 12.5 Å². The Labute approximate surface area is 126 Å². The predicted molar refractivity (Wildman–Crippen MR) is 82.5 cm³/mol. The Bertz CT molecular complexity index is 855. The van der Waals surface area contributed by atoms with Gasteiger partial charge in [0, 0.05) is 6.07 Å². The van der Waals surface area contributed by atoms with Crippen LogP contribution < -0.4 is 10.2 Å². The van der Waals surface area contributed by atoms with E-state index < -0.39 is 0 Å². The monoisotopic (exact) mass is 293 g/mol. The molecule has 2 aliphatic rings. The number of hydrogen-bond acceptors (Lipinski definition) is 3. The van der Waals surface area contributed by atoms with Crippen LogP contribution in [0, 0.1) is 5.82 Å². The number of nitrogens with one attached hydrogen (secondary N) is 1. The number of halogens is 1. The van der Waals surface area contributed by atoms with Gasteiger partial charge in [-0.05, 0) is 36.1 Å². The normalized spacial score (nSPS) is 17.0. The molecule has 107 valence electrons. The quantitative estimate of drug-likeness (QED) is 0.806. The Morgan fingerprint density at radius 3 is 2.68 bits per heavy atom. The molecule has 2 aliphatic heterocycles. The summed E-state index contributed by atoms with van der Waals surface area (Å²) in [5.74, 6) is 0.0484. The number of allylic oxidation sites excluding steroid dienone is 1. The van der Waals surface area contributed by atoms with E-state index in [-0.39, 0.29) is 11.7 Å². The van der Waals surface area contributed by atoms with E-state index >= 15 is 0 Å². The van der Waals surface area contributed by atoms with Crippen molar-refractivity contribution in [1.82, 2.24) is 4.90 Å². The molecule has 0 saturated carbocycles. The number of carbonyl (C=O) groups is 1. The lowest BCUT2D eigenvalue weighted by atomic mass is 10.1. The Morgan fingerprint density at radius 2 is 1.91 bits per heavy atom. The maximum Gasteiger partial charge on any atom is 0.318 e. The van der Waals surface area contributed by atoms with Gasteiger partial charge in [0.15, 0.2) is 0 Å². The zero-order valence-electron chi connectivity index (χ0n) is 11.8. The molecule has 1 N–H and O–H groups in total. The van der Waals surface area contributed by atoms with Crippen LogP contribution in [0.15, 0.2) is 64.9 Å². The second kappa shape index (κ2) is 4.61. The van der Waals surface area contributed by atoms with Crippen molar-refractivity contribution in [2.24, 2.45) is 4.99 Å². The average Bonchev–Trinajstić information content (AvgIpc) is 2.88. The molecule has 5 heteroatoms. The Kier molecular flexibility index (Phi) is 2.71. The number of benzene rings is 2. The fourth-order valence-corrected chi connectivity index (χ4v) is 2.79. The number of nitrogens with zero attached hydrogens (tertiary/aromatic N) is 2. The maximum absolute atomic E-state index is 13.7. The highest BCUT2D eigenvalue weighted by Gasteiger charge is 2.48. The minimum absolute atomic E-state index is 0.230. The van der Waals surface area contributed by atoms with Gasteiger partial charge >= 0.3 is 5.91 Å². The van der Waals surface area contributed by atoms with Gasteiger partial charge < -0.3 is 5.32 Å². The van der Waals surface area contributed by atoms with Gasteiger partial charge in [0.2, 0.25) is 5.69 Å². The van der Waals surface area contributed by atoms with Crippen molar-refractivity contribution in [1.29, 1.82) is 0 Å². The lowest BCUT2D eigenvalue weighted by Gasteiger charge is -2.18. The molecule has 1 amide bonds. The summed E-state index contributed by atoms with van der Waals surface area (Å²) in [7, 11) is 0. The molecule has 0 saturated heterocycles. The summed E-state index contributed by atoms with van der Waals surface area (Å²) >= 11 is 0. The third-order valence-corrected chi connectivity index (χ3v) is 3.75. The van der Waals surface area contributed by atoms with E-state index in [1.807, 2.05) is 30.3 Å². The van der Waals surface area contributed by atoms with Crippen LogP contribution >= 0.6 is 0 Å². The van der Waals surface area contributed by atoms with Crippen LogP contribution in [0.25, 0.3) is 0 Å². The van der Waals surface area contributed by atoms with Gasteiger partial charge in [-0.15, -0.1) is 0 Å². The molecule has 4 nitrogen and oxygen atoms in total. The number of aliphatic imine (C=N–C) groups is 1. The fourth-order valence-electron chi connectivity index (χ4n) is 2.79. The van der Waals surface area contributed by atoms with Crippen LogP contribution in [0.4, 0.5) is 15.8 Å². The summed E-state index contributed by atoms with van der Waals surface area (Å²) in [6, 6.07) is 13.9. The van der Waals surface area contributed by atoms with E-state index in [2.05, 4.69) is 10.3 Å². The SMILES string of the molecule is CC1=C2C(=O)Nc3ccc(F)cc3[N+]2C(c2ccccc2)=N1. The molecule has 0 bridgehead atoms. The van der Waals surface area contributed by atoms with E-state index in [4.69, 9.17) is 0 Å². The van der Waals surface area contributed by atoms with Crippen LogP contribution in [-0.4, -0.2) is 11.7 Å². The molecular formula is C17H12FN3O+. The van der Waals surface area contributed by atoms with E-state index in [9.17, 15) is 9.18 Å². The highest BCUT2D eigenvalue weighted by Crippen LogP contribution is 2.39. The summed E-state index contributed by atoms with van der Waals surface area (Å²) in [4.78, 5) is 18.6. The summed E-state index contributed by atoms with van der Waals surface area (Å²) < 4.78 is 13.7. The van der Waals surface area contributed by atoms with Crippen LogP contribution in [0.5, 0.6) is 0 Å². The predicted octanol–water partition coefficient (Wildman–Crippen LogP) is 3.24. The van der Waals surface area contributed by atoms with Crippen molar-refractivity contribution in [2.45, 2.75) is 6.92 Å². The van der Waals surface area contributed by atoms with Gasteiger partial charge in [-0.1, -0.05) is 18.2 Å². The minimum atomic E-state index is -0.355. The molecule has 1 radical (unpaired) electrons. The Hall–Kier alpha value is -2.79. The molecule has 0 spiro atoms. The molecule has 0 aromatic heterocycles. The molecule has 2 heterocycles. The number of anilines is 2. The molecule has 0 atom stereocenters. The first-order valence-corrected chi connectivity index (χ1v) is 6.91. The van der Waals surface area contributed by atoms with E-state index in [1.165, 1.54) is 12.1 Å². The standard InChI is InChI=1S/C17H12FN3O/c1-10-15-17(22)20-13-8-7-12(18)9-14(13)21(15)16(19-10)11-5-3-2-4-6-11/h2-9H,1H3,(H,20,22)/q+1. The number of rotatable bonds is 1. The first-order valence-electron chi connectivity index (χ1n) is 6.91. The number of carbonyl (C=O) groups excluding carboxylic acids is 1. The van der Waals surface area contributed by atoms with Crippen molar-refractivity contribution in [3.63, 3.8) is 0 Å². The van der Waals surface area contributed by atoms with Gasteiger partial charge in [0.25, 0.3) is 11.5 Å². The number of fused-ring (bicyclic) bond motifs is 3. The summed E-state index contributed by atoms with van der Waals surface area (Å²) in [5, 5.41) is 2.78. The average molecular weight is 293 g/mol. The summed E-state index contributed by atoms with van der Waals surface area (Å²) in [5.41, 5.74) is 3.10. The lowest BCUT2D eigenvalue weighted by molar-refractivity contribution is -0.113. The van der Waals surface area contributed by atoms with E-state index in [0.29, 0.717) is 28.6 Å². The lowest BCUT2D eigenvalue weighted by Crippen LogP contribution is -2.39. The Balaban J connectivity index is 1.94. The van der Waals surface area contributed by atoms with Crippen molar-refractivity contribution in [3.8, 4) is 0 Å². The first-order chi connectivity index (χ1) is 10.6. The largest absolute Gasteiger partial charge is 0.318 e. The van der Waals surface area contributed by atoms with Crippen molar-refractivity contribution in [2.75, 3.05) is 5.32 Å². The highest BCUT2D eigenvalue weighted by molar-refractivity contribution is 6.20. The Morgan fingerprint density at radius 1 is 1.14 bits per heavy atom. The molecule has 0 fully saturated rings. The summed E-state index contributed by atoms with van der Waals surface area (Å²) in [6.07, 6.45) is 0. The smallest absolute Gasteiger partial charge is 0.312 e. The van der Waals surface area contributed by atoms with Crippen molar-refractivity contribution < 1.29 is 9.18 Å².